The molecule has 252 valence electrons. The molecule has 0 radical (unpaired) electrons. The average Bonchev–Trinajstić information content (AvgIpc) is 3.78. The third kappa shape index (κ3) is 4.92. The van der Waals surface area contributed by atoms with Gasteiger partial charge in [-0.3, -0.25) is 0 Å². The maximum atomic E-state index is 6.57. The van der Waals surface area contributed by atoms with Crippen molar-refractivity contribution in [3.8, 4) is 50.7 Å². The third-order valence-corrected chi connectivity index (χ3v) is 10.6. The molecule has 3 aromatic heterocycles. The van der Waals surface area contributed by atoms with Crippen LogP contribution in [0.1, 0.15) is 0 Å². The molecule has 54 heavy (non-hydrogen) atoms. The number of para-hydroxylation sites is 2. The van der Waals surface area contributed by atoms with E-state index in [1.165, 1.54) is 32.6 Å². The molecular formula is C50H31N3O. The minimum atomic E-state index is 0.682. The molecule has 0 fully saturated rings. The van der Waals surface area contributed by atoms with Crippen molar-refractivity contribution in [3.63, 3.8) is 0 Å². The van der Waals surface area contributed by atoms with Crippen LogP contribution in [0.5, 0.6) is 0 Å². The molecule has 3 heterocycles. The first kappa shape index (κ1) is 30.3. The van der Waals surface area contributed by atoms with Crippen molar-refractivity contribution in [3.05, 3.63) is 188 Å². The molecule has 11 rings (SSSR count). The van der Waals surface area contributed by atoms with Crippen LogP contribution >= 0.6 is 0 Å². The lowest BCUT2D eigenvalue weighted by atomic mass is 9.96. The monoisotopic (exact) mass is 689 g/mol. The van der Waals surface area contributed by atoms with E-state index in [2.05, 4.69) is 144 Å². The van der Waals surface area contributed by atoms with Crippen LogP contribution in [0.15, 0.2) is 192 Å². The van der Waals surface area contributed by atoms with Crippen LogP contribution in [0.25, 0.3) is 105 Å². The Morgan fingerprint density at radius 1 is 0.389 bits per heavy atom. The summed E-state index contributed by atoms with van der Waals surface area (Å²) in [4.78, 5) is 10.3. The Kier molecular flexibility index (Phi) is 6.82. The molecule has 0 spiro atoms. The lowest BCUT2D eigenvalue weighted by Gasteiger charge is -2.13. The van der Waals surface area contributed by atoms with Gasteiger partial charge in [-0.05, 0) is 76.5 Å². The Bertz CT molecular complexity index is 3140. The zero-order chi connectivity index (χ0) is 35.6. The highest BCUT2D eigenvalue weighted by Gasteiger charge is 2.19. The molecule has 0 N–H and O–H groups in total. The summed E-state index contributed by atoms with van der Waals surface area (Å²) < 4.78 is 8.95. The molecule has 0 bridgehead atoms. The van der Waals surface area contributed by atoms with Crippen molar-refractivity contribution in [2.24, 2.45) is 0 Å². The summed E-state index contributed by atoms with van der Waals surface area (Å²) in [5.41, 5.74) is 12.0. The Balaban J connectivity index is 1.11. The maximum absolute atomic E-state index is 6.57. The number of furan rings is 1. The van der Waals surface area contributed by atoms with E-state index in [1.807, 2.05) is 48.5 Å². The normalized spacial score (nSPS) is 11.7. The number of nitrogens with zero attached hydrogens (tertiary/aromatic N) is 3. The van der Waals surface area contributed by atoms with Crippen molar-refractivity contribution in [1.29, 1.82) is 0 Å². The van der Waals surface area contributed by atoms with Crippen molar-refractivity contribution in [2.75, 3.05) is 0 Å². The first-order chi connectivity index (χ1) is 26.7. The van der Waals surface area contributed by atoms with Gasteiger partial charge in [0.05, 0.1) is 22.4 Å². The second-order valence-electron chi connectivity index (χ2n) is 13.8. The lowest BCUT2D eigenvalue weighted by molar-refractivity contribution is 0.669. The highest BCUT2D eigenvalue weighted by Crippen LogP contribution is 2.41. The summed E-state index contributed by atoms with van der Waals surface area (Å²) in [5.74, 6) is 0.682. The van der Waals surface area contributed by atoms with Gasteiger partial charge >= 0.3 is 0 Å². The van der Waals surface area contributed by atoms with E-state index < -0.39 is 0 Å². The number of aromatic nitrogens is 3. The quantitative estimate of drug-likeness (QED) is 0.181. The van der Waals surface area contributed by atoms with Gasteiger partial charge in [0.1, 0.15) is 11.2 Å². The molecular weight excluding hydrogens is 659 g/mol. The molecule has 4 nitrogen and oxygen atoms in total. The van der Waals surface area contributed by atoms with E-state index in [0.717, 1.165) is 66.8 Å². The van der Waals surface area contributed by atoms with Crippen LogP contribution in [0.2, 0.25) is 0 Å². The first-order valence-corrected chi connectivity index (χ1v) is 18.2. The molecule has 0 saturated heterocycles. The van der Waals surface area contributed by atoms with Crippen LogP contribution < -0.4 is 0 Å². The molecule has 0 unspecified atom stereocenters. The Morgan fingerprint density at radius 3 is 1.83 bits per heavy atom. The predicted octanol–water partition coefficient (Wildman–Crippen LogP) is 13.3. The minimum Gasteiger partial charge on any atom is -0.456 e. The van der Waals surface area contributed by atoms with E-state index in [1.54, 1.807) is 0 Å². The van der Waals surface area contributed by atoms with Crippen LogP contribution in [0.3, 0.4) is 0 Å². The van der Waals surface area contributed by atoms with E-state index in [-0.39, 0.29) is 0 Å². The molecule has 11 aromatic rings. The average molecular weight is 690 g/mol. The van der Waals surface area contributed by atoms with Gasteiger partial charge in [0.25, 0.3) is 0 Å². The predicted molar refractivity (Wildman–Crippen MR) is 223 cm³/mol. The van der Waals surface area contributed by atoms with E-state index in [9.17, 15) is 0 Å². The van der Waals surface area contributed by atoms with Crippen LogP contribution in [0, 0.1) is 0 Å². The van der Waals surface area contributed by atoms with Crippen molar-refractivity contribution < 1.29 is 4.42 Å². The zero-order valence-corrected chi connectivity index (χ0v) is 29.1. The summed E-state index contributed by atoms with van der Waals surface area (Å²) in [5, 5.41) is 7.08. The zero-order valence-electron chi connectivity index (χ0n) is 29.1. The second kappa shape index (κ2) is 12.1. The van der Waals surface area contributed by atoms with Crippen LogP contribution in [-0.4, -0.2) is 14.5 Å². The van der Waals surface area contributed by atoms with Crippen molar-refractivity contribution in [2.45, 2.75) is 0 Å². The van der Waals surface area contributed by atoms with Gasteiger partial charge < -0.3 is 8.98 Å². The van der Waals surface area contributed by atoms with Gasteiger partial charge in [0.15, 0.2) is 5.82 Å². The van der Waals surface area contributed by atoms with E-state index in [0.29, 0.717) is 5.82 Å². The summed E-state index contributed by atoms with van der Waals surface area (Å²) in [6, 6.07) is 66.1. The van der Waals surface area contributed by atoms with Crippen LogP contribution in [-0.2, 0) is 0 Å². The largest absolute Gasteiger partial charge is 0.456 e. The molecule has 0 aliphatic carbocycles. The molecule has 8 aromatic carbocycles. The van der Waals surface area contributed by atoms with Gasteiger partial charge in [-0.1, -0.05) is 133 Å². The Labute approximate surface area is 311 Å². The SMILES string of the molecule is c1ccc(-c2cc(-c3cc(-c4ccc(-n5c6ccccc6c6cc7ccccc7cc65)cc4)cc4oc5ccccc5c34)nc(-c3ccccc3)n2)cc1. The number of rotatable bonds is 5. The van der Waals surface area contributed by atoms with Crippen molar-refractivity contribution in [1.82, 2.24) is 14.5 Å². The Morgan fingerprint density at radius 2 is 1.04 bits per heavy atom. The van der Waals surface area contributed by atoms with Gasteiger partial charge in [0, 0.05) is 43.9 Å². The molecule has 0 aliphatic rings. The van der Waals surface area contributed by atoms with Crippen LogP contribution in [0.4, 0.5) is 0 Å². The highest BCUT2D eigenvalue weighted by atomic mass is 16.3. The molecule has 0 atom stereocenters. The standard InChI is InChI=1S/C50H31N3O/c1-3-13-33(14-4-1)43-31-44(52-50(51-43)34-15-5-2-6-16-34)42-28-37(30-48-49(42)40-20-10-12-22-47(40)54-48)32-23-25-38(26-24-32)53-45-21-11-9-19-39(45)41-27-35-17-7-8-18-36(35)29-46(41)53/h1-31H. The van der Waals surface area contributed by atoms with Crippen molar-refractivity contribution >= 4 is 54.5 Å². The fourth-order valence-electron chi connectivity index (χ4n) is 8.02. The maximum Gasteiger partial charge on any atom is 0.160 e. The van der Waals surface area contributed by atoms with E-state index in [4.69, 9.17) is 14.4 Å². The number of hydrogen-bond acceptors (Lipinski definition) is 3. The molecule has 0 saturated carbocycles. The molecule has 4 heteroatoms. The fraction of sp³-hybridized carbons (Fsp3) is 0. The Hall–Kier alpha value is -7.30. The lowest BCUT2D eigenvalue weighted by Crippen LogP contribution is -1.96. The second-order valence-corrected chi connectivity index (χ2v) is 13.8. The first-order valence-electron chi connectivity index (χ1n) is 18.2. The number of benzene rings is 8. The molecule has 0 amide bonds. The van der Waals surface area contributed by atoms with Gasteiger partial charge in [-0.2, -0.15) is 0 Å². The number of hydrogen-bond donors (Lipinski definition) is 0. The molecule has 0 aliphatic heterocycles. The van der Waals surface area contributed by atoms with E-state index >= 15 is 0 Å². The third-order valence-electron chi connectivity index (χ3n) is 10.6. The topological polar surface area (TPSA) is 43.9 Å². The number of fused-ring (bicyclic) bond motifs is 7. The van der Waals surface area contributed by atoms with Gasteiger partial charge in [-0.25, -0.2) is 9.97 Å². The summed E-state index contributed by atoms with van der Waals surface area (Å²) in [7, 11) is 0. The van der Waals surface area contributed by atoms with Gasteiger partial charge in [-0.15, -0.1) is 0 Å². The summed E-state index contributed by atoms with van der Waals surface area (Å²) >= 11 is 0. The smallest absolute Gasteiger partial charge is 0.160 e. The van der Waals surface area contributed by atoms with Gasteiger partial charge in [0.2, 0.25) is 0 Å². The summed E-state index contributed by atoms with van der Waals surface area (Å²) in [6.07, 6.45) is 0. The fourth-order valence-corrected chi connectivity index (χ4v) is 8.02. The minimum absolute atomic E-state index is 0.682. The summed E-state index contributed by atoms with van der Waals surface area (Å²) in [6.45, 7) is 0. The highest BCUT2D eigenvalue weighted by molar-refractivity contribution is 6.15.